The maximum atomic E-state index is 11.8. The lowest BCUT2D eigenvalue weighted by Crippen LogP contribution is -2.26. The van der Waals surface area contributed by atoms with Gasteiger partial charge in [-0.05, 0) is 12.1 Å². The van der Waals surface area contributed by atoms with E-state index in [2.05, 4.69) is 19.9 Å². The number of aromatic amines is 1. The second-order valence-electron chi connectivity index (χ2n) is 3.39. The molecule has 6 nitrogen and oxygen atoms in total. The molecular weight excluding hydrogens is 240 g/mol. The highest BCUT2D eigenvalue weighted by atomic mass is 32.2. The molecule has 2 rings (SSSR count). The smallest absolute Gasteiger partial charge is 0.240 e. The maximum Gasteiger partial charge on any atom is 0.240 e. The summed E-state index contributed by atoms with van der Waals surface area (Å²) in [7, 11) is -3.43. The van der Waals surface area contributed by atoms with Gasteiger partial charge in [0.15, 0.2) is 0 Å². The molecule has 90 valence electrons. The Balaban J connectivity index is 1.95. The minimum Gasteiger partial charge on any atom is -0.263 e. The number of H-pyrrole nitrogens is 1. The number of nitrogens with zero attached hydrogens (tertiary/aromatic N) is 2. The summed E-state index contributed by atoms with van der Waals surface area (Å²) in [5.74, 6) is 0.653. The van der Waals surface area contributed by atoms with Gasteiger partial charge in [0.25, 0.3) is 0 Å². The first-order valence-corrected chi connectivity index (χ1v) is 6.56. The predicted octanol–water partition coefficient (Wildman–Crippen LogP) is 0.326. The van der Waals surface area contributed by atoms with Crippen LogP contribution in [0.3, 0.4) is 0 Å². The molecule has 7 heteroatoms. The van der Waals surface area contributed by atoms with Gasteiger partial charge in [-0.1, -0.05) is 18.2 Å². The quantitative estimate of drug-likeness (QED) is 0.802. The van der Waals surface area contributed by atoms with Crippen molar-refractivity contribution >= 4 is 10.0 Å². The molecular formula is C10H12N4O2S. The molecule has 0 atom stereocenters. The monoisotopic (exact) mass is 252 g/mol. The summed E-state index contributed by atoms with van der Waals surface area (Å²) in [6.45, 7) is 0.284. The Morgan fingerprint density at radius 2 is 2.00 bits per heavy atom. The van der Waals surface area contributed by atoms with Crippen molar-refractivity contribution < 1.29 is 8.42 Å². The molecule has 0 aliphatic carbocycles. The van der Waals surface area contributed by atoms with Gasteiger partial charge in [-0.15, -0.1) is 0 Å². The molecule has 0 radical (unpaired) electrons. The molecule has 2 N–H and O–H groups in total. The minimum atomic E-state index is -3.43. The lowest BCUT2D eigenvalue weighted by Gasteiger charge is -2.05. The zero-order chi connectivity index (χ0) is 12.1. The first kappa shape index (κ1) is 11.7. The SMILES string of the molecule is O=S(=O)(NCCc1ncn[nH]1)c1ccccc1. The molecule has 2 aromatic rings. The second kappa shape index (κ2) is 5.07. The highest BCUT2D eigenvalue weighted by Crippen LogP contribution is 2.06. The summed E-state index contributed by atoms with van der Waals surface area (Å²) in [4.78, 5) is 4.17. The third-order valence-corrected chi connectivity index (χ3v) is 3.65. The van der Waals surface area contributed by atoms with Crippen molar-refractivity contribution in [1.82, 2.24) is 19.9 Å². The summed E-state index contributed by atoms with van der Waals surface area (Å²) in [5, 5.41) is 6.35. The standard InChI is InChI=1S/C10H12N4O2S/c15-17(16,9-4-2-1-3-5-9)13-7-6-10-11-8-12-14-10/h1-5,8,13H,6-7H2,(H,11,12,14). The van der Waals surface area contributed by atoms with E-state index in [-0.39, 0.29) is 11.4 Å². The number of aromatic nitrogens is 3. The predicted molar refractivity (Wildman–Crippen MR) is 61.7 cm³/mol. The van der Waals surface area contributed by atoms with E-state index in [1.807, 2.05) is 0 Å². The van der Waals surface area contributed by atoms with Crippen molar-refractivity contribution in [2.45, 2.75) is 11.3 Å². The van der Waals surface area contributed by atoms with E-state index in [1.54, 1.807) is 30.3 Å². The molecule has 0 aliphatic rings. The van der Waals surface area contributed by atoms with Crippen LogP contribution in [0.1, 0.15) is 5.82 Å². The van der Waals surface area contributed by atoms with Gasteiger partial charge in [0.05, 0.1) is 4.90 Å². The Labute approximate surface area is 99.1 Å². The average Bonchev–Trinajstić information content (AvgIpc) is 2.83. The molecule has 0 saturated carbocycles. The van der Waals surface area contributed by atoms with Crippen molar-refractivity contribution in [1.29, 1.82) is 0 Å². The average molecular weight is 252 g/mol. The van der Waals surface area contributed by atoms with Gasteiger partial charge < -0.3 is 0 Å². The molecule has 1 heterocycles. The topological polar surface area (TPSA) is 87.7 Å². The summed E-state index contributed by atoms with van der Waals surface area (Å²) < 4.78 is 26.1. The fourth-order valence-electron chi connectivity index (χ4n) is 1.34. The van der Waals surface area contributed by atoms with Crippen LogP contribution >= 0.6 is 0 Å². The van der Waals surface area contributed by atoms with Gasteiger partial charge in [-0.3, -0.25) is 5.10 Å². The number of nitrogens with one attached hydrogen (secondary N) is 2. The van der Waals surface area contributed by atoms with E-state index < -0.39 is 10.0 Å². The normalized spacial score (nSPS) is 11.5. The van der Waals surface area contributed by atoms with Crippen LogP contribution < -0.4 is 4.72 Å². The van der Waals surface area contributed by atoms with E-state index in [0.29, 0.717) is 12.2 Å². The highest BCUT2D eigenvalue weighted by Gasteiger charge is 2.12. The number of hydrogen-bond acceptors (Lipinski definition) is 4. The van der Waals surface area contributed by atoms with Gasteiger partial charge in [-0.2, -0.15) is 5.10 Å². The highest BCUT2D eigenvalue weighted by molar-refractivity contribution is 7.89. The summed E-state index contributed by atoms with van der Waals surface area (Å²) in [6.07, 6.45) is 1.87. The van der Waals surface area contributed by atoms with Crippen molar-refractivity contribution in [2.24, 2.45) is 0 Å². The van der Waals surface area contributed by atoms with E-state index in [4.69, 9.17) is 0 Å². The summed E-state index contributed by atoms with van der Waals surface area (Å²) in [5.41, 5.74) is 0. The van der Waals surface area contributed by atoms with E-state index in [0.717, 1.165) is 0 Å². The lowest BCUT2D eigenvalue weighted by molar-refractivity contribution is 0.581. The van der Waals surface area contributed by atoms with E-state index in [9.17, 15) is 8.42 Å². The van der Waals surface area contributed by atoms with Crippen LogP contribution in [-0.4, -0.2) is 30.1 Å². The van der Waals surface area contributed by atoms with E-state index in [1.165, 1.54) is 6.33 Å². The zero-order valence-electron chi connectivity index (χ0n) is 9.00. The molecule has 17 heavy (non-hydrogen) atoms. The molecule has 1 aromatic carbocycles. The van der Waals surface area contributed by atoms with Crippen LogP contribution in [0.5, 0.6) is 0 Å². The number of rotatable bonds is 5. The third kappa shape index (κ3) is 3.11. The van der Waals surface area contributed by atoms with Crippen LogP contribution in [0, 0.1) is 0 Å². The second-order valence-corrected chi connectivity index (χ2v) is 5.16. The van der Waals surface area contributed by atoms with Crippen molar-refractivity contribution in [3.8, 4) is 0 Å². The van der Waals surface area contributed by atoms with Crippen LogP contribution in [0.15, 0.2) is 41.6 Å². The number of sulfonamides is 1. The molecule has 0 aliphatic heterocycles. The Bertz CT molecular complexity index is 551. The van der Waals surface area contributed by atoms with Gasteiger partial charge in [-0.25, -0.2) is 18.1 Å². The van der Waals surface area contributed by atoms with Gasteiger partial charge in [0, 0.05) is 13.0 Å². The molecule has 0 fully saturated rings. The number of benzene rings is 1. The molecule has 0 amide bonds. The molecule has 0 saturated heterocycles. The minimum absolute atomic E-state index is 0.262. The van der Waals surface area contributed by atoms with Gasteiger partial charge >= 0.3 is 0 Å². The molecule has 0 unspecified atom stereocenters. The fraction of sp³-hybridized carbons (Fsp3) is 0.200. The van der Waals surface area contributed by atoms with Crippen LogP contribution in [0.4, 0.5) is 0 Å². The Kier molecular flexibility index (Phi) is 3.50. The summed E-state index contributed by atoms with van der Waals surface area (Å²) in [6, 6.07) is 8.25. The van der Waals surface area contributed by atoms with Crippen molar-refractivity contribution in [3.63, 3.8) is 0 Å². The van der Waals surface area contributed by atoms with Crippen LogP contribution in [0.25, 0.3) is 0 Å². The lowest BCUT2D eigenvalue weighted by atomic mass is 10.4. The Morgan fingerprint density at radius 3 is 2.65 bits per heavy atom. The van der Waals surface area contributed by atoms with Crippen molar-refractivity contribution in [3.05, 3.63) is 42.5 Å². The fourth-order valence-corrected chi connectivity index (χ4v) is 2.39. The first-order chi connectivity index (χ1) is 8.18. The number of hydrogen-bond donors (Lipinski definition) is 2. The Morgan fingerprint density at radius 1 is 1.24 bits per heavy atom. The largest absolute Gasteiger partial charge is 0.263 e. The van der Waals surface area contributed by atoms with Gasteiger partial charge in [0.1, 0.15) is 12.2 Å². The first-order valence-electron chi connectivity index (χ1n) is 5.07. The zero-order valence-corrected chi connectivity index (χ0v) is 9.81. The van der Waals surface area contributed by atoms with Crippen LogP contribution in [0.2, 0.25) is 0 Å². The van der Waals surface area contributed by atoms with E-state index >= 15 is 0 Å². The molecule has 0 spiro atoms. The van der Waals surface area contributed by atoms with Crippen molar-refractivity contribution in [2.75, 3.05) is 6.54 Å². The third-order valence-electron chi connectivity index (χ3n) is 2.17. The molecule has 0 bridgehead atoms. The maximum absolute atomic E-state index is 11.8. The van der Waals surface area contributed by atoms with Gasteiger partial charge in [0.2, 0.25) is 10.0 Å². The van der Waals surface area contributed by atoms with Crippen LogP contribution in [-0.2, 0) is 16.4 Å². The Hall–Kier alpha value is -1.73. The summed E-state index contributed by atoms with van der Waals surface area (Å²) >= 11 is 0. The molecule has 1 aromatic heterocycles.